The van der Waals surface area contributed by atoms with E-state index in [9.17, 15) is 0 Å². The third-order valence-corrected chi connectivity index (χ3v) is 6.31. The van der Waals surface area contributed by atoms with Crippen LogP contribution < -0.4 is 19.7 Å². The van der Waals surface area contributed by atoms with Gasteiger partial charge in [0.1, 0.15) is 11.9 Å². The highest BCUT2D eigenvalue weighted by atomic mass is 35.5. The number of nitrogens with one attached hydrogen (secondary N) is 1. The molecule has 33 heavy (non-hydrogen) atoms. The van der Waals surface area contributed by atoms with Gasteiger partial charge in [0.2, 0.25) is 6.79 Å². The van der Waals surface area contributed by atoms with E-state index in [1.54, 1.807) is 12.4 Å². The summed E-state index contributed by atoms with van der Waals surface area (Å²) in [6, 6.07) is 19.2. The highest BCUT2D eigenvalue weighted by Gasteiger charge is 2.42. The van der Waals surface area contributed by atoms with Crippen LogP contribution in [0.25, 0.3) is 5.82 Å². The molecule has 3 aromatic heterocycles. The lowest BCUT2D eigenvalue weighted by Gasteiger charge is -2.29. The van der Waals surface area contributed by atoms with E-state index in [0.717, 1.165) is 28.6 Å². The second-order valence-corrected chi connectivity index (χ2v) is 8.49. The molecule has 1 N–H and O–H groups in total. The number of thiocarbonyl (C=S) groups is 1. The van der Waals surface area contributed by atoms with Crippen LogP contribution in [0.1, 0.15) is 23.5 Å². The van der Waals surface area contributed by atoms with E-state index < -0.39 is 0 Å². The van der Waals surface area contributed by atoms with E-state index in [1.165, 1.54) is 0 Å². The molecule has 2 atom stereocenters. The highest BCUT2D eigenvalue weighted by Crippen LogP contribution is 2.44. The number of hydrogen-bond donors (Lipinski definition) is 1. The van der Waals surface area contributed by atoms with Crippen molar-refractivity contribution in [1.82, 2.24) is 19.9 Å². The van der Waals surface area contributed by atoms with Crippen molar-refractivity contribution in [2.45, 2.75) is 12.1 Å². The van der Waals surface area contributed by atoms with Gasteiger partial charge in [0, 0.05) is 36.0 Å². The van der Waals surface area contributed by atoms with Crippen molar-refractivity contribution in [3.05, 3.63) is 95.7 Å². The summed E-state index contributed by atoms with van der Waals surface area (Å²) in [5, 5.41) is 4.67. The van der Waals surface area contributed by atoms with Gasteiger partial charge in [0.15, 0.2) is 16.6 Å². The second-order valence-electron chi connectivity index (χ2n) is 7.67. The maximum atomic E-state index is 6.07. The first-order valence-corrected chi connectivity index (χ1v) is 11.2. The summed E-state index contributed by atoms with van der Waals surface area (Å²) in [6.45, 7) is 0.215. The van der Waals surface area contributed by atoms with Crippen LogP contribution in [0.2, 0.25) is 5.02 Å². The van der Waals surface area contributed by atoms with Gasteiger partial charge in [-0.3, -0.25) is 4.98 Å². The minimum atomic E-state index is -0.194. The van der Waals surface area contributed by atoms with E-state index in [-0.39, 0.29) is 18.9 Å². The van der Waals surface area contributed by atoms with Gasteiger partial charge in [-0.1, -0.05) is 17.7 Å². The molecule has 7 nitrogen and oxygen atoms in total. The molecule has 1 fully saturated rings. The number of aromatic nitrogens is 3. The van der Waals surface area contributed by atoms with Crippen LogP contribution in [0.4, 0.5) is 5.69 Å². The summed E-state index contributed by atoms with van der Waals surface area (Å²) in [5.41, 5.74) is 2.80. The molecule has 2 aliphatic rings. The monoisotopic (exact) mass is 475 g/mol. The van der Waals surface area contributed by atoms with Gasteiger partial charge in [-0.05, 0) is 60.7 Å². The van der Waals surface area contributed by atoms with E-state index in [4.69, 9.17) is 33.3 Å². The molecule has 0 aliphatic carbocycles. The van der Waals surface area contributed by atoms with E-state index in [1.807, 2.05) is 65.4 Å². The molecule has 1 aromatic carbocycles. The molecular weight excluding hydrogens is 458 g/mol. The largest absolute Gasteiger partial charge is 0.454 e. The maximum absolute atomic E-state index is 6.07. The molecule has 2 aliphatic heterocycles. The van der Waals surface area contributed by atoms with E-state index >= 15 is 0 Å². The van der Waals surface area contributed by atoms with Crippen LogP contribution >= 0.6 is 23.8 Å². The van der Waals surface area contributed by atoms with Gasteiger partial charge in [0.25, 0.3) is 0 Å². The Morgan fingerprint density at radius 1 is 1.00 bits per heavy atom. The average Bonchev–Trinajstić information content (AvgIpc) is 3.57. The van der Waals surface area contributed by atoms with Crippen molar-refractivity contribution in [2.75, 3.05) is 11.7 Å². The van der Waals surface area contributed by atoms with Gasteiger partial charge in [-0.2, -0.15) is 0 Å². The summed E-state index contributed by atoms with van der Waals surface area (Å²) in [7, 11) is 0. The predicted octanol–water partition coefficient (Wildman–Crippen LogP) is 4.83. The molecule has 0 amide bonds. The van der Waals surface area contributed by atoms with E-state index in [2.05, 4.69) is 26.3 Å². The standard InChI is InChI=1S/C24H18ClN5O2S/c25-15-6-9-21(27-13-15)29-11-3-5-18(29)23-22(17-4-1-2-10-26-17)28-24(33)30(23)16-7-8-19-20(12-16)32-14-31-19/h1-13,22-23H,14H2,(H,28,33)/t22-,23+/m0/s1. The quantitative estimate of drug-likeness (QED) is 0.424. The number of pyridine rings is 2. The van der Waals surface area contributed by atoms with Crippen molar-refractivity contribution >= 4 is 34.6 Å². The molecule has 1 saturated heterocycles. The number of fused-ring (bicyclic) bond motifs is 1. The maximum Gasteiger partial charge on any atom is 0.231 e. The fraction of sp³-hybridized carbons (Fsp3) is 0.125. The number of benzene rings is 1. The Balaban J connectivity index is 1.50. The summed E-state index contributed by atoms with van der Waals surface area (Å²) in [6.07, 6.45) is 5.42. The first-order valence-electron chi connectivity index (χ1n) is 10.4. The van der Waals surface area contributed by atoms with Gasteiger partial charge in [-0.25, -0.2) is 4.98 Å². The number of rotatable bonds is 4. The molecule has 6 rings (SSSR count). The number of halogens is 1. The van der Waals surface area contributed by atoms with Gasteiger partial charge in [0.05, 0.1) is 16.8 Å². The first-order chi connectivity index (χ1) is 16.2. The highest BCUT2D eigenvalue weighted by molar-refractivity contribution is 7.80. The molecule has 0 radical (unpaired) electrons. The molecule has 0 saturated carbocycles. The Morgan fingerprint density at radius 2 is 1.91 bits per heavy atom. The Hall–Kier alpha value is -3.62. The lowest BCUT2D eigenvalue weighted by molar-refractivity contribution is 0.174. The molecule has 0 unspecified atom stereocenters. The van der Waals surface area contributed by atoms with E-state index in [0.29, 0.717) is 15.9 Å². The SMILES string of the molecule is S=C1N[C@@H](c2ccccn2)[C@@H](c2cccn2-c2ccc(Cl)cn2)N1c1ccc2c(c1)OCO2. The van der Waals surface area contributed by atoms with Crippen molar-refractivity contribution in [3.63, 3.8) is 0 Å². The minimum Gasteiger partial charge on any atom is -0.454 e. The number of ether oxygens (including phenoxy) is 2. The number of hydrogen-bond acceptors (Lipinski definition) is 5. The molecule has 4 aromatic rings. The van der Waals surface area contributed by atoms with Crippen molar-refractivity contribution in [3.8, 4) is 17.3 Å². The number of anilines is 1. The molecule has 0 bridgehead atoms. The third kappa shape index (κ3) is 3.48. The average molecular weight is 476 g/mol. The van der Waals surface area contributed by atoms with Crippen LogP contribution in [0, 0.1) is 0 Å². The Bertz CT molecular complexity index is 1330. The van der Waals surface area contributed by atoms with Gasteiger partial charge in [-0.15, -0.1) is 0 Å². The lowest BCUT2D eigenvalue weighted by atomic mass is 10.0. The zero-order chi connectivity index (χ0) is 22.4. The first kappa shape index (κ1) is 20.0. The Labute approximate surface area is 200 Å². The topological polar surface area (TPSA) is 64.4 Å². The second kappa shape index (κ2) is 8.06. The van der Waals surface area contributed by atoms with Crippen LogP contribution in [0.5, 0.6) is 11.5 Å². The summed E-state index contributed by atoms with van der Waals surface area (Å²) in [4.78, 5) is 11.2. The number of nitrogens with zero attached hydrogens (tertiary/aromatic N) is 4. The lowest BCUT2D eigenvalue weighted by Crippen LogP contribution is -2.30. The molecule has 9 heteroatoms. The van der Waals surface area contributed by atoms with Crippen molar-refractivity contribution < 1.29 is 9.47 Å². The summed E-state index contributed by atoms with van der Waals surface area (Å²) < 4.78 is 13.2. The van der Waals surface area contributed by atoms with Gasteiger partial charge < -0.3 is 24.3 Å². The van der Waals surface area contributed by atoms with Gasteiger partial charge >= 0.3 is 0 Å². The van der Waals surface area contributed by atoms with Crippen LogP contribution in [-0.2, 0) is 0 Å². The summed E-state index contributed by atoms with van der Waals surface area (Å²) >= 11 is 11.9. The smallest absolute Gasteiger partial charge is 0.231 e. The zero-order valence-corrected chi connectivity index (χ0v) is 18.8. The fourth-order valence-electron chi connectivity index (χ4n) is 4.32. The Morgan fingerprint density at radius 3 is 2.73 bits per heavy atom. The molecule has 164 valence electrons. The minimum absolute atomic E-state index is 0.176. The fourth-order valence-corrected chi connectivity index (χ4v) is 4.78. The van der Waals surface area contributed by atoms with Crippen LogP contribution in [-0.4, -0.2) is 26.4 Å². The van der Waals surface area contributed by atoms with Crippen molar-refractivity contribution in [2.24, 2.45) is 0 Å². The van der Waals surface area contributed by atoms with Crippen LogP contribution in [0.15, 0.2) is 79.3 Å². The Kier molecular flexibility index (Phi) is 4.89. The molecule has 0 spiro atoms. The molecule has 5 heterocycles. The third-order valence-electron chi connectivity index (χ3n) is 5.77. The summed E-state index contributed by atoms with van der Waals surface area (Å²) in [5.74, 6) is 2.19. The molecular formula is C24H18ClN5O2S. The van der Waals surface area contributed by atoms with Crippen LogP contribution in [0.3, 0.4) is 0 Å². The van der Waals surface area contributed by atoms with Crippen molar-refractivity contribution in [1.29, 1.82) is 0 Å². The zero-order valence-electron chi connectivity index (χ0n) is 17.3. The predicted molar refractivity (Wildman–Crippen MR) is 129 cm³/mol. The normalized spacial score (nSPS) is 19.1.